The van der Waals surface area contributed by atoms with Crippen LogP contribution in [-0.4, -0.2) is 61.6 Å². The van der Waals surface area contributed by atoms with Gasteiger partial charge in [-0.3, -0.25) is 9.69 Å². The number of carbonyl (C=O) groups excluding carboxylic acids is 1. The molecule has 2 saturated heterocycles. The first-order valence-corrected chi connectivity index (χ1v) is 10.6. The van der Waals surface area contributed by atoms with Crippen LogP contribution in [-0.2, 0) is 17.8 Å². The molecule has 0 radical (unpaired) electrons. The fourth-order valence-corrected chi connectivity index (χ4v) is 4.46. The number of benzene rings is 1. The van der Waals surface area contributed by atoms with E-state index in [1.54, 1.807) is 6.33 Å². The highest BCUT2D eigenvalue weighted by molar-refractivity contribution is 5.82. The predicted octanol–water partition coefficient (Wildman–Crippen LogP) is 2.45. The average molecular weight is 383 g/mol. The van der Waals surface area contributed by atoms with Crippen LogP contribution in [0.15, 0.2) is 30.6 Å². The number of tetrazole rings is 1. The van der Waals surface area contributed by atoms with Gasteiger partial charge in [-0.05, 0) is 47.2 Å². The van der Waals surface area contributed by atoms with Crippen molar-refractivity contribution < 1.29 is 4.79 Å². The minimum atomic E-state index is -0.0989. The van der Waals surface area contributed by atoms with Gasteiger partial charge in [-0.15, -0.1) is 5.10 Å². The van der Waals surface area contributed by atoms with Gasteiger partial charge in [0.25, 0.3) is 0 Å². The number of carbonyl (C=O) groups is 1. The highest BCUT2D eigenvalue weighted by Gasteiger charge is 2.40. The molecular weight excluding hydrogens is 352 g/mol. The van der Waals surface area contributed by atoms with Crippen molar-refractivity contribution in [2.75, 3.05) is 19.6 Å². The number of aromatic nitrogens is 4. The largest absolute Gasteiger partial charge is 0.341 e. The normalized spacial score (nSPS) is 23.7. The molecule has 7 heteroatoms. The van der Waals surface area contributed by atoms with Crippen LogP contribution in [0.25, 0.3) is 0 Å². The minimum Gasteiger partial charge on any atom is -0.341 e. The Balaban J connectivity index is 1.52. The van der Waals surface area contributed by atoms with E-state index in [1.807, 2.05) is 4.68 Å². The highest BCUT2D eigenvalue weighted by Crippen LogP contribution is 2.30. The summed E-state index contributed by atoms with van der Waals surface area (Å²) in [5.41, 5.74) is 2.59. The van der Waals surface area contributed by atoms with E-state index in [1.165, 1.54) is 24.0 Å². The fraction of sp³-hybridized carbons (Fsp3) is 0.619. The summed E-state index contributed by atoms with van der Waals surface area (Å²) in [7, 11) is 0. The maximum atomic E-state index is 13.4. The summed E-state index contributed by atoms with van der Waals surface area (Å²) in [5.74, 6) is 0.280. The Bertz CT molecular complexity index is 752. The average Bonchev–Trinajstić information content (AvgIpc) is 3.32. The number of nitrogens with zero attached hydrogens (tertiary/aromatic N) is 6. The van der Waals surface area contributed by atoms with Gasteiger partial charge in [0.15, 0.2) is 0 Å². The van der Waals surface area contributed by atoms with Gasteiger partial charge >= 0.3 is 0 Å². The molecule has 2 atom stereocenters. The van der Waals surface area contributed by atoms with Crippen LogP contribution < -0.4 is 0 Å². The molecule has 0 aliphatic carbocycles. The van der Waals surface area contributed by atoms with Gasteiger partial charge < -0.3 is 4.90 Å². The van der Waals surface area contributed by atoms with Gasteiger partial charge in [0, 0.05) is 26.2 Å². The number of rotatable bonds is 5. The molecule has 7 nitrogen and oxygen atoms in total. The van der Waals surface area contributed by atoms with Crippen LogP contribution >= 0.6 is 0 Å². The molecule has 0 spiro atoms. The molecule has 28 heavy (non-hydrogen) atoms. The molecule has 2 aromatic rings. The van der Waals surface area contributed by atoms with Gasteiger partial charge in [0.2, 0.25) is 5.91 Å². The van der Waals surface area contributed by atoms with Crippen molar-refractivity contribution in [2.45, 2.75) is 64.1 Å². The van der Waals surface area contributed by atoms with E-state index >= 15 is 0 Å². The summed E-state index contributed by atoms with van der Waals surface area (Å²) in [4.78, 5) is 17.8. The molecule has 1 aromatic carbocycles. The summed E-state index contributed by atoms with van der Waals surface area (Å²) in [6.07, 6.45) is 8.18. The molecule has 0 unspecified atom stereocenters. The molecule has 3 heterocycles. The topological polar surface area (TPSA) is 67.2 Å². The number of hydrogen-bond acceptors (Lipinski definition) is 5. The maximum Gasteiger partial charge on any atom is 0.240 e. The molecule has 2 fully saturated rings. The van der Waals surface area contributed by atoms with Gasteiger partial charge in [0.1, 0.15) is 6.33 Å². The minimum absolute atomic E-state index is 0.0989. The molecule has 0 N–H and O–H groups in total. The van der Waals surface area contributed by atoms with Crippen LogP contribution in [0.2, 0.25) is 0 Å². The molecular formula is C21H30N6O. The van der Waals surface area contributed by atoms with Crippen molar-refractivity contribution in [1.29, 1.82) is 0 Å². The SMILES string of the molecule is CCc1ccc(CN2C[C@@H](n3cnnn3)C[C@H]2C(=O)N2CCCCCC2)cc1. The third-order valence-electron chi connectivity index (χ3n) is 6.14. The van der Waals surface area contributed by atoms with Crippen molar-refractivity contribution in [3.63, 3.8) is 0 Å². The van der Waals surface area contributed by atoms with E-state index in [0.29, 0.717) is 0 Å². The lowest BCUT2D eigenvalue weighted by molar-refractivity contribution is -0.136. The second-order valence-corrected chi connectivity index (χ2v) is 8.03. The predicted molar refractivity (Wildman–Crippen MR) is 107 cm³/mol. The lowest BCUT2D eigenvalue weighted by Gasteiger charge is -2.29. The van der Waals surface area contributed by atoms with Crippen LogP contribution in [0.3, 0.4) is 0 Å². The van der Waals surface area contributed by atoms with E-state index in [9.17, 15) is 4.79 Å². The molecule has 4 rings (SSSR count). The maximum absolute atomic E-state index is 13.4. The Hall–Kier alpha value is -2.28. The van der Waals surface area contributed by atoms with Crippen molar-refractivity contribution in [3.8, 4) is 0 Å². The third kappa shape index (κ3) is 4.24. The van der Waals surface area contributed by atoms with Gasteiger partial charge in [-0.2, -0.15) is 0 Å². The van der Waals surface area contributed by atoms with Crippen molar-refractivity contribution in [3.05, 3.63) is 41.7 Å². The second kappa shape index (κ2) is 8.82. The first-order chi connectivity index (χ1) is 13.7. The summed E-state index contributed by atoms with van der Waals surface area (Å²) in [6, 6.07) is 8.81. The molecule has 0 bridgehead atoms. The Kier molecular flexibility index (Phi) is 6.00. The fourth-order valence-electron chi connectivity index (χ4n) is 4.46. The third-order valence-corrected chi connectivity index (χ3v) is 6.14. The highest BCUT2D eigenvalue weighted by atomic mass is 16.2. The van der Waals surface area contributed by atoms with Gasteiger partial charge in [-0.25, -0.2) is 4.68 Å². The van der Waals surface area contributed by atoms with Gasteiger partial charge in [-0.1, -0.05) is 44.0 Å². The number of likely N-dealkylation sites (tertiary alicyclic amines) is 2. The van der Waals surface area contributed by atoms with Crippen molar-refractivity contribution >= 4 is 5.91 Å². The van der Waals surface area contributed by atoms with E-state index in [0.717, 1.165) is 51.9 Å². The first-order valence-electron chi connectivity index (χ1n) is 10.6. The monoisotopic (exact) mass is 382 g/mol. The quantitative estimate of drug-likeness (QED) is 0.795. The van der Waals surface area contributed by atoms with E-state index in [4.69, 9.17) is 0 Å². The van der Waals surface area contributed by atoms with Gasteiger partial charge in [0.05, 0.1) is 12.1 Å². The van der Waals surface area contributed by atoms with Crippen molar-refractivity contribution in [2.24, 2.45) is 0 Å². The smallest absolute Gasteiger partial charge is 0.240 e. The molecule has 2 aliphatic rings. The second-order valence-electron chi connectivity index (χ2n) is 8.03. The van der Waals surface area contributed by atoms with E-state index in [-0.39, 0.29) is 18.0 Å². The Morgan fingerprint density at radius 2 is 1.79 bits per heavy atom. The number of aryl methyl sites for hydroxylation is 1. The lowest BCUT2D eigenvalue weighted by atomic mass is 10.1. The van der Waals surface area contributed by atoms with E-state index < -0.39 is 0 Å². The number of amides is 1. The van der Waals surface area contributed by atoms with Crippen LogP contribution in [0.1, 0.15) is 56.2 Å². The van der Waals surface area contributed by atoms with E-state index in [2.05, 4.69) is 56.5 Å². The number of hydrogen-bond donors (Lipinski definition) is 0. The summed E-state index contributed by atoms with van der Waals surface area (Å²) in [6.45, 7) is 5.54. The van der Waals surface area contributed by atoms with Crippen LogP contribution in [0, 0.1) is 0 Å². The Labute approximate surface area is 166 Å². The molecule has 1 amide bonds. The zero-order valence-corrected chi connectivity index (χ0v) is 16.7. The summed E-state index contributed by atoms with van der Waals surface area (Å²) in [5, 5.41) is 11.7. The molecule has 1 aromatic heterocycles. The summed E-state index contributed by atoms with van der Waals surface area (Å²) >= 11 is 0. The lowest BCUT2D eigenvalue weighted by Crippen LogP contribution is -2.45. The Morgan fingerprint density at radius 1 is 1.07 bits per heavy atom. The zero-order chi connectivity index (χ0) is 19.3. The molecule has 0 saturated carbocycles. The summed E-state index contributed by atoms with van der Waals surface area (Å²) < 4.78 is 1.81. The molecule has 2 aliphatic heterocycles. The standard InChI is InChI=1S/C21H30N6O/c1-2-17-7-9-18(10-8-17)14-26-15-19(27-16-22-23-24-27)13-20(26)21(28)25-11-5-3-4-6-12-25/h7-10,16,19-20H,2-6,11-15H2,1H3/t19-,20-/m0/s1. The molecule has 150 valence electrons. The zero-order valence-electron chi connectivity index (χ0n) is 16.7. The van der Waals surface area contributed by atoms with Crippen molar-refractivity contribution in [1.82, 2.24) is 30.0 Å². The van der Waals surface area contributed by atoms with Crippen LogP contribution in [0.4, 0.5) is 0 Å². The Morgan fingerprint density at radius 3 is 2.43 bits per heavy atom. The first kappa shape index (κ1) is 19.1. The van der Waals surface area contributed by atoms with Crippen LogP contribution in [0.5, 0.6) is 0 Å².